The van der Waals surface area contributed by atoms with Gasteiger partial charge in [0, 0.05) is 12.1 Å². The number of carbonyl (C=O) groups excluding carboxylic acids is 3. The molecular weight excluding hydrogens is 414 g/mol. The van der Waals surface area contributed by atoms with Crippen molar-refractivity contribution in [3.8, 4) is 5.75 Å². The quantitative estimate of drug-likeness (QED) is 0.451. The second-order valence-corrected chi connectivity index (χ2v) is 9.39. The molecule has 0 aromatic heterocycles. The highest BCUT2D eigenvalue weighted by molar-refractivity contribution is 5.92. The van der Waals surface area contributed by atoms with Crippen LogP contribution in [0.2, 0.25) is 0 Å². The number of aliphatic hydroxyl groups excluding tert-OH is 1. The van der Waals surface area contributed by atoms with Gasteiger partial charge in [-0.15, -0.1) is 6.58 Å². The van der Waals surface area contributed by atoms with E-state index in [0.717, 1.165) is 0 Å². The summed E-state index contributed by atoms with van der Waals surface area (Å²) in [6, 6.07) is 3.43. The molecule has 2 unspecified atom stereocenters. The normalized spacial score (nSPS) is 13.5. The maximum absolute atomic E-state index is 13.3. The minimum Gasteiger partial charge on any atom is -0.508 e. The van der Waals surface area contributed by atoms with Gasteiger partial charge in [-0.1, -0.05) is 18.2 Å². The van der Waals surface area contributed by atoms with E-state index < -0.39 is 47.7 Å². The van der Waals surface area contributed by atoms with E-state index >= 15 is 0 Å². The average molecular weight is 450 g/mol. The summed E-state index contributed by atoms with van der Waals surface area (Å²) in [7, 11) is 0. The molecule has 0 heterocycles. The second-order valence-electron chi connectivity index (χ2n) is 9.39. The number of aromatic hydroxyl groups is 1. The molecule has 2 atom stereocenters. The molecule has 178 valence electrons. The molecule has 0 radical (unpaired) electrons. The monoisotopic (exact) mass is 449 g/mol. The van der Waals surface area contributed by atoms with Gasteiger partial charge >= 0.3 is 6.09 Å². The third kappa shape index (κ3) is 8.58. The number of aliphatic hydroxyl groups is 1. The molecule has 0 aliphatic carbocycles. The molecule has 1 aromatic rings. The van der Waals surface area contributed by atoms with Crippen LogP contribution < -0.4 is 10.6 Å². The van der Waals surface area contributed by atoms with Gasteiger partial charge in [-0.25, -0.2) is 4.79 Å². The van der Waals surface area contributed by atoms with Crippen LogP contribution in [-0.2, 0) is 14.3 Å². The number of phenolic OH excluding ortho intramolecular Hbond substituents is 1. The SMILES string of the molecule is C=CCN(C(=O)C(CO)NC(=O)OC(C)(C)C)C(C(=O)NC(C)(C)C)c1ccc(O)cc1. The first-order valence-corrected chi connectivity index (χ1v) is 10.3. The number of amides is 3. The lowest BCUT2D eigenvalue weighted by atomic mass is 10.0. The lowest BCUT2D eigenvalue weighted by Gasteiger charge is -2.35. The molecule has 3 amide bonds. The zero-order valence-corrected chi connectivity index (χ0v) is 19.6. The summed E-state index contributed by atoms with van der Waals surface area (Å²) in [4.78, 5) is 39.9. The van der Waals surface area contributed by atoms with Crippen LogP contribution in [0.5, 0.6) is 5.75 Å². The van der Waals surface area contributed by atoms with Gasteiger partial charge < -0.3 is 30.5 Å². The zero-order chi connectivity index (χ0) is 24.7. The van der Waals surface area contributed by atoms with E-state index in [4.69, 9.17) is 4.74 Å². The highest BCUT2D eigenvalue weighted by atomic mass is 16.6. The Labute approximate surface area is 189 Å². The van der Waals surface area contributed by atoms with Crippen molar-refractivity contribution in [2.24, 2.45) is 0 Å². The Bertz CT molecular complexity index is 809. The number of nitrogens with one attached hydrogen (secondary N) is 2. The number of hydrogen-bond acceptors (Lipinski definition) is 6. The number of phenols is 1. The average Bonchev–Trinajstić information content (AvgIpc) is 2.63. The molecule has 0 bridgehead atoms. The van der Waals surface area contributed by atoms with E-state index in [0.29, 0.717) is 5.56 Å². The third-order valence-electron chi connectivity index (χ3n) is 4.05. The van der Waals surface area contributed by atoms with Gasteiger partial charge in [-0.3, -0.25) is 9.59 Å². The van der Waals surface area contributed by atoms with Crippen molar-refractivity contribution in [2.75, 3.05) is 13.2 Å². The van der Waals surface area contributed by atoms with E-state index in [-0.39, 0.29) is 12.3 Å². The van der Waals surface area contributed by atoms with E-state index in [9.17, 15) is 24.6 Å². The summed E-state index contributed by atoms with van der Waals surface area (Å²) in [5.41, 5.74) is -0.941. The Hall–Kier alpha value is -3.07. The molecule has 9 nitrogen and oxygen atoms in total. The number of hydrogen-bond donors (Lipinski definition) is 4. The molecule has 0 saturated heterocycles. The smallest absolute Gasteiger partial charge is 0.408 e. The van der Waals surface area contributed by atoms with Crippen LogP contribution in [0, 0.1) is 0 Å². The third-order valence-corrected chi connectivity index (χ3v) is 4.05. The van der Waals surface area contributed by atoms with Crippen LogP contribution in [0.15, 0.2) is 36.9 Å². The van der Waals surface area contributed by atoms with Crippen LogP contribution in [0.3, 0.4) is 0 Å². The maximum atomic E-state index is 13.3. The van der Waals surface area contributed by atoms with Gasteiger partial charge in [0.1, 0.15) is 23.4 Å². The van der Waals surface area contributed by atoms with Gasteiger partial charge in [0.25, 0.3) is 0 Å². The Morgan fingerprint density at radius 2 is 1.69 bits per heavy atom. The Kier molecular flexibility index (Phi) is 9.26. The molecule has 32 heavy (non-hydrogen) atoms. The highest BCUT2D eigenvalue weighted by Gasteiger charge is 2.36. The Morgan fingerprint density at radius 3 is 2.12 bits per heavy atom. The molecule has 0 aliphatic heterocycles. The fraction of sp³-hybridized carbons (Fsp3) is 0.522. The summed E-state index contributed by atoms with van der Waals surface area (Å²) >= 11 is 0. The number of carbonyl (C=O) groups is 3. The molecule has 9 heteroatoms. The van der Waals surface area contributed by atoms with Crippen LogP contribution in [-0.4, -0.2) is 63.4 Å². The molecule has 0 fully saturated rings. The Morgan fingerprint density at radius 1 is 1.12 bits per heavy atom. The summed E-state index contributed by atoms with van der Waals surface area (Å²) < 4.78 is 5.17. The minimum atomic E-state index is -1.34. The molecule has 1 rings (SSSR count). The van der Waals surface area contributed by atoms with Crippen molar-refractivity contribution >= 4 is 17.9 Å². The highest BCUT2D eigenvalue weighted by Crippen LogP contribution is 2.25. The van der Waals surface area contributed by atoms with Gasteiger partial charge in [0.15, 0.2) is 0 Å². The first-order chi connectivity index (χ1) is 14.7. The molecule has 0 spiro atoms. The lowest BCUT2D eigenvalue weighted by molar-refractivity contribution is -0.143. The molecular formula is C23H35N3O6. The van der Waals surface area contributed by atoms with Gasteiger partial charge in [-0.05, 0) is 59.2 Å². The van der Waals surface area contributed by atoms with Crippen LogP contribution in [0.1, 0.15) is 53.1 Å². The van der Waals surface area contributed by atoms with Crippen molar-refractivity contribution in [2.45, 2.75) is 64.8 Å². The predicted molar refractivity (Wildman–Crippen MR) is 121 cm³/mol. The standard InChI is InChI=1S/C23H35N3O6/c1-8-13-26(20(30)17(14-27)24-21(31)32-23(5,6)7)18(19(29)25-22(2,3)4)15-9-11-16(28)12-10-15/h8-12,17-18,27-28H,1,13-14H2,2-7H3,(H,24,31)(H,25,29). The topological polar surface area (TPSA) is 128 Å². The lowest BCUT2D eigenvalue weighted by Crippen LogP contribution is -2.55. The van der Waals surface area contributed by atoms with E-state index in [1.807, 2.05) is 0 Å². The fourth-order valence-corrected chi connectivity index (χ4v) is 2.86. The summed E-state index contributed by atoms with van der Waals surface area (Å²) in [5, 5.41) is 24.6. The van der Waals surface area contributed by atoms with E-state index in [1.165, 1.54) is 35.2 Å². The number of rotatable bonds is 8. The summed E-state index contributed by atoms with van der Waals surface area (Å²) in [6.45, 7) is 13.4. The first kappa shape index (κ1) is 27.0. The molecule has 4 N–H and O–H groups in total. The molecule has 0 aliphatic rings. The zero-order valence-electron chi connectivity index (χ0n) is 19.6. The number of benzene rings is 1. The molecule has 0 saturated carbocycles. The number of nitrogens with zero attached hydrogens (tertiary/aromatic N) is 1. The van der Waals surface area contributed by atoms with Crippen molar-refractivity contribution in [1.29, 1.82) is 0 Å². The van der Waals surface area contributed by atoms with Crippen LogP contribution >= 0.6 is 0 Å². The van der Waals surface area contributed by atoms with E-state index in [1.54, 1.807) is 41.5 Å². The van der Waals surface area contributed by atoms with Crippen molar-refractivity contribution in [1.82, 2.24) is 15.5 Å². The van der Waals surface area contributed by atoms with Gasteiger partial charge in [-0.2, -0.15) is 0 Å². The van der Waals surface area contributed by atoms with Crippen LogP contribution in [0.25, 0.3) is 0 Å². The van der Waals surface area contributed by atoms with Crippen molar-refractivity contribution < 1.29 is 29.3 Å². The summed E-state index contributed by atoms with van der Waals surface area (Å²) in [6.07, 6.45) is 0.571. The summed E-state index contributed by atoms with van der Waals surface area (Å²) in [5.74, 6) is -1.15. The fourth-order valence-electron chi connectivity index (χ4n) is 2.86. The second kappa shape index (κ2) is 11.0. The predicted octanol–water partition coefficient (Wildman–Crippen LogP) is 2.25. The van der Waals surface area contributed by atoms with Gasteiger partial charge in [0.05, 0.1) is 6.61 Å². The van der Waals surface area contributed by atoms with Gasteiger partial charge in [0.2, 0.25) is 11.8 Å². The number of ether oxygens (including phenoxy) is 1. The Balaban J connectivity index is 3.34. The van der Waals surface area contributed by atoms with Crippen molar-refractivity contribution in [3.05, 3.63) is 42.5 Å². The minimum absolute atomic E-state index is 0.00477. The first-order valence-electron chi connectivity index (χ1n) is 10.3. The number of alkyl carbamates (subject to hydrolysis) is 1. The molecule has 1 aromatic carbocycles. The van der Waals surface area contributed by atoms with Crippen LogP contribution in [0.4, 0.5) is 4.79 Å². The van der Waals surface area contributed by atoms with E-state index in [2.05, 4.69) is 17.2 Å². The van der Waals surface area contributed by atoms with Crippen molar-refractivity contribution in [3.63, 3.8) is 0 Å². The largest absolute Gasteiger partial charge is 0.508 e. The maximum Gasteiger partial charge on any atom is 0.408 e.